The van der Waals surface area contributed by atoms with Crippen molar-refractivity contribution in [3.8, 4) is 34.7 Å². The number of rotatable bonds is 0. The topological polar surface area (TPSA) is 108 Å². The zero-order valence-corrected chi connectivity index (χ0v) is 25.6. The number of benzene rings is 3. The average molecular weight is 754 g/mol. The monoisotopic (exact) mass is 754 g/mol. The van der Waals surface area contributed by atoms with Gasteiger partial charge in [-0.2, -0.15) is 52.7 Å². The molecule has 2 heterocycles. The molecule has 2 aliphatic carbocycles. The lowest BCUT2D eigenvalue weighted by atomic mass is 9.96. The fraction of sp³-hybridized carbons (Fsp3) is 0.118. The van der Waals surface area contributed by atoms with E-state index in [4.69, 9.17) is 13.1 Å². The maximum atomic E-state index is 14.4. The summed E-state index contributed by atoms with van der Waals surface area (Å²) in [6, 6.07) is 5.10. The maximum Gasteiger partial charge on any atom is 0.417 e. The first-order valence-electron chi connectivity index (χ1n) is 14.4. The lowest BCUT2D eigenvalue weighted by molar-refractivity contribution is -0.144. The Morgan fingerprint density at radius 2 is 0.796 bits per heavy atom. The molecule has 3 aromatic carbocycles. The predicted octanol–water partition coefficient (Wildman–Crippen LogP) is 10.0. The molecule has 0 aliphatic heterocycles. The van der Waals surface area contributed by atoms with Crippen molar-refractivity contribution < 1.29 is 52.7 Å². The van der Waals surface area contributed by atoms with Gasteiger partial charge in [-0.3, -0.25) is 0 Å². The van der Waals surface area contributed by atoms with E-state index < -0.39 is 115 Å². The molecule has 0 bridgehead atoms. The first-order valence-corrected chi connectivity index (χ1v) is 14.4. The number of allylic oxidation sites excluding steroid dienone is 2. The number of nitriles is 2. The van der Waals surface area contributed by atoms with Gasteiger partial charge in [0.05, 0.1) is 92.4 Å². The Hall–Kier alpha value is -7.06. The molecule has 0 unspecified atom stereocenters. The summed E-state index contributed by atoms with van der Waals surface area (Å²) in [6.45, 7) is 14.8. The van der Waals surface area contributed by atoms with Crippen LogP contribution in [0.25, 0.3) is 65.4 Å². The summed E-state index contributed by atoms with van der Waals surface area (Å²) in [5.74, 6) is 0. The Morgan fingerprint density at radius 3 is 1.06 bits per heavy atom. The summed E-state index contributed by atoms with van der Waals surface area (Å²) in [4.78, 5) is 22.7. The molecule has 0 fully saturated rings. The highest BCUT2D eigenvalue weighted by Gasteiger charge is 2.46. The molecule has 2 aromatic heterocycles. The van der Waals surface area contributed by atoms with Gasteiger partial charge in [-0.1, -0.05) is 0 Å². The first-order chi connectivity index (χ1) is 25.1. The predicted molar refractivity (Wildman–Crippen MR) is 160 cm³/mol. The van der Waals surface area contributed by atoms with Gasteiger partial charge in [0.2, 0.25) is 0 Å². The summed E-state index contributed by atoms with van der Waals surface area (Å²) < 4.78 is 169. The van der Waals surface area contributed by atoms with Crippen molar-refractivity contribution in [3.05, 3.63) is 115 Å². The molecule has 0 atom stereocenters. The van der Waals surface area contributed by atoms with Crippen molar-refractivity contribution in [3.63, 3.8) is 0 Å². The number of hydrogen-bond donors (Lipinski definition) is 0. The van der Waals surface area contributed by atoms with Gasteiger partial charge in [0, 0.05) is 22.3 Å². The zero-order chi connectivity index (χ0) is 39.4. The van der Waals surface area contributed by atoms with Crippen molar-refractivity contribution in [2.75, 3.05) is 0 Å². The van der Waals surface area contributed by atoms with Crippen LogP contribution < -0.4 is 0 Å². The van der Waals surface area contributed by atoms with Crippen LogP contribution in [0.1, 0.15) is 44.8 Å². The molecule has 0 radical (unpaired) electrons. The third-order valence-electron chi connectivity index (χ3n) is 8.39. The van der Waals surface area contributed by atoms with Crippen LogP contribution in [0.3, 0.4) is 0 Å². The highest BCUT2D eigenvalue weighted by molar-refractivity contribution is 6.07. The van der Waals surface area contributed by atoms with Crippen LogP contribution in [0, 0.1) is 35.8 Å². The largest absolute Gasteiger partial charge is 0.417 e. The van der Waals surface area contributed by atoms with E-state index in [0.717, 1.165) is 12.1 Å². The second-order valence-corrected chi connectivity index (χ2v) is 11.4. The van der Waals surface area contributed by atoms with Gasteiger partial charge in [0.15, 0.2) is 0 Å². The van der Waals surface area contributed by atoms with Crippen LogP contribution >= 0.6 is 0 Å². The minimum atomic E-state index is -5.44. The van der Waals surface area contributed by atoms with E-state index in [0.29, 0.717) is 12.1 Å². The summed E-state index contributed by atoms with van der Waals surface area (Å²) in [7, 11) is 0. The molecule has 0 amide bonds. The van der Waals surface area contributed by atoms with E-state index in [1.807, 2.05) is 0 Å². The molecule has 266 valence electrons. The van der Waals surface area contributed by atoms with Crippen molar-refractivity contribution in [1.29, 1.82) is 10.5 Å². The Bertz CT molecular complexity index is 2590. The lowest BCUT2D eigenvalue weighted by Crippen LogP contribution is -2.13. The quantitative estimate of drug-likeness (QED) is 0.0660. The number of hydrogen-bond acceptors (Lipinski definition) is 6. The molecule has 0 N–H and O–H groups in total. The van der Waals surface area contributed by atoms with Crippen LogP contribution in [0.4, 0.5) is 52.7 Å². The van der Waals surface area contributed by atoms with Crippen molar-refractivity contribution in [2.24, 2.45) is 0 Å². The lowest BCUT2D eigenvalue weighted by Gasteiger charge is -2.16. The minimum Gasteiger partial charge on any atom is -0.245 e. The maximum absolute atomic E-state index is 14.4. The fourth-order valence-electron chi connectivity index (χ4n) is 6.28. The number of fused-ring (bicyclic) bond motifs is 8. The molecular weight excluding hydrogens is 748 g/mol. The summed E-state index contributed by atoms with van der Waals surface area (Å²) in [6.07, 6.45) is -21.5. The van der Waals surface area contributed by atoms with Gasteiger partial charge >= 0.3 is 24.7 Å². The Labute approximate surface area is 291 Å². The highest BCUT2D eigenvalue weighted by atomic mass is 19.4. The fourth-order valence-corrected chi connectivity index (χ4v) is 6.28. The third kappa shape index (κ3) is 5.22. The van der Waals surface area contributed by atoms with E-state index in [-0.39, 0.29) is 34.2 Å². The molecule has 54 heavy (non-hydrogen) atoms. The van der Waals surface area contributed by atoms with Crippen LogP contribution in [-0.4, -0.2) is 19.9 Å². The van der Waals surface area contributed by atoms with E-state index >= 15 is 0 Å². The van der Waals surface area contributed by atoms with Gasteiger partial charge in [-0.05, 0) is 47.5 Å². The van der Waals surface area contributed by atoms with Crippen LogP contribution in [0.15, 0.2) is 47.8 Å². The SMILES string of the molecule is [C-]#[N+]/C(C#N)=C1/c2cc(C(F)(F)F)cc(C(F)(F)F)c2-c2nc3cc4nc5c(nc4cc3nc21)-c1c(cc(C(F)(F)F)cc1C(F)(F)F)/C5=C(/C#N)[N+]#[C-]. The normalized spacial score (nSPS) is 15.4. The summed E-state index contributed by atoms with van der Waals surface area (Å²) in [5, 5.41) is 19.3. The van der Waals surface area contributed by atoms with Crippen molar-refractivity contribution in [2.45, 2.75) is 24.7 Å². The number of aromatic nitrogens is 4. The third-order valence-corrected chi connectivity index (χ3v) is 8.39. The molecule has 8 nitrogen and oxygen atoms in total. The molecule has 7 rings (SSSR count). The average Bonchev–Trinajstić information content (AvgIpc) is 3.56. The molecule has 0 spiro atoms. The van der Waals surface area contributed by atoms with Gasteiger partial charge in [0.25, 0.3) is 11.4 Å². The van der Waals surface area contributed by atoms with Crippen molar-refractivity contribution in [1.82, 2.24) is 19.9 Å². The highest BCUT2D eigenvalue weighted by Crippen LogP contribution is 2.54. The van der Waals surface area contributed by atoms with Crippen LogP contribution in [0.2, 0.25) is 0 Å². The van der Waals surface area contributed by atoms with Crippen LogP contribution in [-0.2, 0) is 24.7 Å². The summed E-state index contributed by atoms with van der Waals surface area (Å²) >= 11 is 0. The van der Waals surface area contributed by atoms with E-state index in [2.05, 4.69) is 29.6 Å². The molecular formula is C34H6F12N8. The minimum absolute atomic E-state index is 0.175. The zero-order valence-electron chi connectivity index (χ0n) is 25.6. The standard InChI is InChI=1S/C34H6F12N8/c1-49-21(9-47)25-13-3-11(31(35,36)37)5-15(33(41,42)43)23(13)27-29(25)53-19-7-18-20(8-17(19)51-27)54-30-26(22(10-48)50-2)14-4-12(32(38,39)40)6-16(34(44,45)46)24(14)28(30)52-18/h3-8H/b25-21-,26-22+. The van der Waals surface area contributed by atoms with E-state index in [9.17, 15) is 63.2 Å². The molecule has 5 aromatic rings. The number of halogens is 12. The molecule has 2 aliphatic rings. The Morgan fingerprint density at radius 1 is 0.481 bits per heavy atom. The van der Waals surface area contributed by atoms with Gasteiger partial charge in [0.1, 0.15) is 0 Å². The summed E-state index contributed by atoms with van der Waals surface area (Å²) in [5.41, 5.74) is -18.0. The van der Waals surface area contributed by atoms with Gasteiger partial charge < -0.3 is 0 Å². The Balaban J connectivity index is 1.58. The Kier molecular flexibility index (Phi) is 7.34. The molecule has 20 heteroatoms. The second-order valence-electron chi connectivity index (χ2n) is 11.4. The van der Waals surface area contributed by atoms with Gasteiger partial charge in [-0.15, -0.1) is 0 Å². The molecule has 0 saturated carbocycles. The van der Waals surface area contributed by atoms with E-state index in [1.165, 1.54) is 12.1 Å². The first kappa shape index (κ1) is 35.3. The number of alkyl halides is 12. The van der Waals surface area contributed by atoms with E-state index in [1.54, 1.807) is 0 Å². The number of nitrogens with zero attached hydrogens (tertiary/aromatic N) is 8. The van der Waals surface area contributed by atoms with Gasteiger partial charge in [-0.25, -0.2) is 40.1 Å². The van der Waals surface area contributed by atoms with Crippen molar-refractivity contribution >= 4 is 33.2 Å². The second kappa shape index (κ2) is 11.2. The smallest absolute Gasteiger partial charge is 0.245 e. The molecule has 0 saturated heterocycles. The van der Waals surface area contributed by atoms with Crippen LogP contribution in [0.5, 0.6) is 0 Å².